The van der Waals surface area contributed by atoms with Gasteiger partial charge in [-0.25, -0.2) is 8.42 Å². The Morgan fingerprint density at radius 1 is 0.958 bits per heavy atom. The molecule has 1 atom stereocenters. The van der Waals surface area contributed by atoms with Crippen molar-refractivity contribution >= 4 is 21.6 Å². The van der Waals surface area contributed by atoms with Gasteiger partial charge in [0.15, 0.2) is 0 Å². The van der Waals surface area contributed by atoms with E-state index in [2.05, 4.69) is 23.1 Å². The third kappa shape index (κ3) is 2.65. The number of nitrogens with zero attached hydrogens (tertiary/aromatic N) is 2. The lowest BCUT2D eigenvalue weighted by molar-refractivity contribution is 0.109. The smallest absolute Gasteiger partial charge is 0.244 e. The van der Waals surface area contributed by atoms with Crippen LogP contribution in [0.2, 0.25) is 5.02 Å². The van der Waals surface area contributed by atoms with Crippen molar-refractivity contribution in [3.8, 4) is 0 Å². The number of hydrogen-bond donors (Lipinski definition) is 0. The van der Waals surface area contributed by atoms with E-state index in [1.807, 2.05) is 6.07 Å². The molecule has 1 unspecified atom stereocenters. The van der Waals surface area contributed by atoms with Gasteiger partial charge in [-0.2, -0.15) is 4.31 Å². The highest BCUT2D eigenvalue weighted by Crippen LogP contribution is 2.35. The molecule has 2 aliphatic heterocycles. The van der Waals surface area contributed by atoms with Crippen molar-refractivity contribution < 1.29 is 8.42 Å². The van der Waals surface area contributed by atoms with E-state index in [1.54, 1.807) is 28.6 Å². The van der Waals surface area contributed by atoms with Crippen LogP contribution in [0, 0.1) is 0 Å². The molecule has 0 aromatic heterocycles. The predicted molar refractivity (Wildman–Crippen MR) is 94.7 cm³/mol. The molecule has 6 heteroatoms. The van der Waals surface area contributed by atoms with Crippen LogP contribution in [0.15, 0.2) is 53.4 Å². The SMILES string of the molecule is O=S(=O)(c1ccccc1Cl)N1CCN2CCc3ccccc3C2C1. The first-order chi connectivity index (χ1) is 11.6. The molecular weight excluding hydrogens is 344 g/mol. The fraction of sp³-hybridized carbons (Fsp3) is 0.333. The molecule has 0 radical (unpaired) electrons. The average molecular weight is 363 g/mol. The van der Waals surface area contributed by atoms with Crippen LogP contribution >= 0.6 is 11.6 Å². The number of rotatable bonds is 2. The zero-order valence-electron chi connectivity index (χ0n) is 13.2. The Balaban J connectivity index is 1.67. The minimum Gasteiger partial charge on any atom is -0.293 e. The third-order valence-electron chi connectivity index (χ3n) is 4.99. The van der Waals surface area contributed by atoms with Crippen LogP contribution < -0.4 is 0 Å². The highest BCUT2D eigenvalue weighted by Gasteiger charge is 2.37. The summed E-state index contributed by atoms with van der Waals surface area (Å²) < 4.78 is 27.6. The number of hydrogen-bond acceptors (Lipinski definition) is 3. The van der Waals surface area contributed by atoms with Gasteiger partial charge >= 0.3 is 0 Å². The lowest BCUT2D eigenvalue weighted by Gasteiger charge is -2.44. The summed E-state index contributed by atoms with van der Waals surface area (Å²) in [5, 5.41) is 0.281. The Morgan fingerprint density at radius 3 is 2.54 bits per heavy atom. The second kappa shape index (κ2) is 6.15. The van der Waals surface area contributed by atoms with Gasteiger partial charge in [0.25, 0.3) is 0 Å². The van der Waals surface area contributed by atoms with E-state index >= 15 is 0 Å². The molecule has 2 aromatic rings. The Bertz CT molecular complexity index is 869. The minimum atomic E-state index is -3.57. The van der Waals surface area contributed by atoms with Crippen molar-refractivity contribution in [3.63, 3.8) is 0 Å². The van der Waals surface area contributed by atoms with E-state index in [0.717, 1.165) is 19.5 Å². The van der Waals surface area contributed by atoms with Crippen LogP contribution in [0.1, 0.15) is 17.2 Å². The van der Waals surface area contributed by atoms with Crippen molar-refractivity contribution in [2.45, 2.75) is 17.4 Å². The fourth-order valence-corrected chi connectivity index (χ4v) is 5.65. The Kier molecular flexibility index (Phi) is 4.12. The molecule has 0 aliphatic carbocycles. The number of halogens is 1. The molecule has 0 bridgehead atoms. The zero-order valence-corrected chi connectivity index (χ0v) is 14.8. The molecule has 2 heterocycles. The van der Waals surface area contributed by atoms with Crippen LogP contribution in [0.4, 0.5) is 0 Å². The van der Waals surface area contributed by atoms with E-state index in [4.69, 9.17) is 11.6 Å². The summed E-state index contributed by atoms with van der Waals surface area (Å²) in [4.78, 5) is 2.59. The number of piperazine rings is 1. The van der Waals surface area contributed by atoms with Gasteiger partial charge in [-0.1, -0.05) is 48.0 Å². The van der Waals surface area contributed by atoms with Crippen LogP contribution in [0.3, 0.4) is 0 Å². The molecule has 2 aromatic carbocycles. The van der Waals surface area contributed by atoms with E-state index in [0.29, 0.717) is 13.1 Å². The van der Waals surface area contributed by atoms with Gasteiger partial charge in [0, 0.05) is 32.2 Å². The van der Waals surface area contributed by atoms with Gasteiger partial charge in [0.2, 0.25) is 10.0 Å². The molecule has 2 aliphatic rings. The van der Waals surface area contributed by atoms with Crippen molar-refractivity contribution in [2.75, 3.05) is 26.2 Å². The molecule has 0 N–H and O–H groups in total. The Hall–Kier alpha value is -1.40. The molecule has 4 rings (SSSR count). The molecule has 1 fully saturated rings. The second-order valence-electron chi connectivity index (χ2n) is 6.29. The molecule has 0 amide bonds. The zero-order chi connectivity index (χ0) is 16.7. The van der Waals surface area contributed by atoms with Gasteiger partial charge < -0.3 is 0 Å². The number of benzene rings is 2. The van der Waals surface area contributed by atoms with E-state index in [-0.39, 0.29) is 16.0 Å². The third-order valence-corrected chi connectivity index (χ3v) is 7.36. The maximum atomic E-state index is 13.0. The first kappa shape index (κ1) is 16.1. The molecule has 4 nitrogen and oxygen atoms in total. The molecule has 0 spiro atoms. The van der Waals surface area contributed by atoms with Crippen LogP contribution in [-0.2, 0) is 16.4 Å². The van der Waals surface area contributed by atoms with E-state index in [1.165, 1.54) is 11.1 Å². The van der Waals surface area contributed by atoms with Crippen LogP contribution in [0.25, 0.3) is 0 Å². The highest BCUT2D eigenvalue weighted by atomic mass is 35.5. The minimum absolute atomic E-state index is 0.126. The normalized spacial score (nSPS) is 22.0. The molecular formula is C18H19ClN2O2S. The number of fused-ring (bicyclic) bond motifs is 3. The van der Waals surface area contributed by atoms with Crippen molar-refractivity contribution in [1.29, 1.82) is 0 Å². The van der Waals surface area contributed by atoms with Crippen molar-refractivity contribution in [2.24, 2.45) is 0 Å². The summed E-state index contributed by atoms with van der Waals surface area (Å²) in [5.41, 5.74) is 2.58. The Morgan fingerprint density at radius 2 is 1.71 bits per heavy atom. The fourth-order valence-electron chi connectivity index (χ4n) is 3.72. The first-order valence-electron chi connectivity index (χ1n) is 8.14. The summed E-state index contributed by atoms with van der Waals surface area (Å²) in [7, 11) is -3.57. The lowest BCUT2D eigenvalue weighted by atomic mass is 9.91. The first-order valence-corrected chi connectivity index (χ1v) is 9.96. The highest BCUT2D eigenvalue weighted by molar-refractivity contribution is 7.89. The topological polar surface area (TPSA) is 40.6 Å². The summed E-state index contributed by atoms with van der Waals surface area (Å²) in [5.74, 6) is 0. The summed E-state index contributed by atoms with van der Waals surface area (Å²) in [6, 6.07) is 15.1. The maximum Gasteiger partial charge on any atom is 0.244 e. The quantitative estimate of drug-likeness (QED) is 0.824. The summed E-state index contributed by atoms with van der Waals surface area (Å²) >= 11 is 6.13. The second-order valence-corrected chi connectivity index (χ2v) is 8.61. The molecule has 126 valence electrons. The van der Waals surface area contributed by atoms with Gasteiger partial charge in [-0.15, -0.1) is 0 Å². The Labute approximate surface area is 147 Å². The van der Waals surface area contributed by atoms with Crippen LogP contribution in [-0.4, -0.2) is 43.8 Å². The van der Waals surface area contributed by atoms with Gasteiger partial charge in [-0.3, -0.25) is 4.90 Å². The van der Waals surface area contributed by atoms with Crippen LogP contribution in [0.5, 0.6) is 0 Å². The van der Waals surface area contributed by atoms with Crippen molar-refractivity contribution in [3.05, 3.63) is 64.7 Å². The molecule has 24 heavy (non-hydrogen) atoms. The summed E-state index contributed by atoms with van der Waals surface area (Å²) in [6.07, 6.45) is 1.03. The molecule has 0 saturated carbocycles. The largest absolute Gasteiger partial charge is 0.293 e. The number of sulfonamides is 1. The van der Waals surface area contributed by atoms with Crippen molar-refractivity contribution in [1.82, 2.24) is 9.21 Å². The van der Waals surface area contributed by atoms with Gasteiger partial charge in [0.05, 0.1) is 5.02 Å². The lowest BCUT2D eigenvalue weighted by Crippen LogP contribution is -2.52. The average Bonchev–Trinajstić information content (AvgIpc) is 2.61. The van der Waals surface area contributed by atoms with E-state index in [9.17, 15) is 8.42 Å². The van der Waals surface area contributed by atoms with E-state index < -0.39 is 10.0 Å². The standard InChI is InChI=1S/C18H19ClN2O2S/c19-16-7-3-4-8-18(16)24(22,23)21-12-11-20-10-9-14-5-1-2-6-15(14)17(20)13-21/h1-8,17H,9-13H2. The monoisotopic (exact) mass is 362 g/mol. The summed E-state index contributed by atoms with van der Waals surface area (Å²) in [6.45, 7) is 2.72. The maximum absolute atomic E-state index is 13.0. The van der Waals surface area contributed by atoms with Gasteiger partial charge in [0.1, 0.15) is 4.90 Å². The molecule has 1 saturated heterocycles. The van der Waals surface area contributed by atoms with Gasteiger partial charge in [-0.05, 0) is 29.7 Å². The predicted octanol–water partition coefficient (Wildman–Crippen LogP) is 2.94.